The predicted molar refractivity (Wildman–Crippen MR) is 107 cm³/mol. The van der Waals surface area contributed by atoms with Crippen LogP contribution in [0.3, 0.4) is 0 Å². The number of ether oxygens (including phenoxy) is 1. The first-order chi connectivity index (χ1) is 14.3. The molecule has 0 saturated carbocycles. The van der Waals surface area contributed by atoms with E-state index in [0.29, 0.717) is 0 Å². The van der Waals surface area contributed by atoms with E-state index in [1.165, 1.54) is 25.2 Å². The topological polar surface area (TPSA) is 110 Å². The van der Waals surface area contributed by atoms with E-state index in [4.69, 9.17) is 5.73 Å². The quantitative estimate of drug-likeness (QED) is 0.639. The van der Waals surface area contributed by atoms with Gasteiger partial charge < -0.3 is 15.4 Å². The standard InChI is InChI=1S/C20H18F2N4O4/c1-25(18(28)13-8-5-9-14(10-13)30-19(21)22)15-16(23)26(20(29)24-17(15)27)11-12-6-3-2-4-7-12/h2-10,19H,11,23H2,1H3,(H,24,27,29). The molecule has 8 nitrogen and oxygen atoms in total. The summed E-state index contributed by atoms with van der Waals surface area (Å²) in [7, 11) is 1.29. The van der Waals surface area contributed by atoms with E-state index in [2.05, 4.69) is 9.72 Å². The van der Waals surface area contributed by atoms with Crippen LogP contribution in [-0.2, 0) is 6.54 Å². The number of alkyl halides is 2. The molecule has 10 heteroatoms. The van der Waals surface area contributed by atoms with Crippen LogP contribution >= 0.6 is 0 Å². The van der Waals surface area contributed by atoms with Gasteiger partial charge in [-0.3, -0.25) is 19.1 Å². The van der Waals surface area contributed by atoms with Crippen LogP contribution in [0.4, 0.5) is 20.3 Å². The summed E-state index contributed by atoms with van der Waals surface area (Å²) in [6.45, 7) is -2.97. The van der Waals surface area contributed by atoms with Crippen LogP contribution in [0, 0.1) is 0 Å². The van der Waals surface area contributed by atoms with Gasteiger partial charge in [0.05, 0.1) is 6.54 Å². The third-order valence-corrected chi connectivity index (χ3v) is 4.34. The molecule has 0 atom stereocenters. The SMILES string of the molecule is CN(C(=O)c1cccc(OC(F)F)c1)c1c(N)n(Cc2ccccc2)c(=O)[nH]c1=O. The molecule has 3 rings (SSSR count). The number of carbonyl (C=O) groups excluding carboxylic acids is 1. The van der Waals surface area contributed by atoms with Gasteiger partial charge in [-0.15, -0.1) is 0 Å². The lowest BCUT2D eigenvalue weighted by Crippen LogP contribution is -2.39. The third-order valence-electron chi connectivity index (χ3n) is 4.34. The number of nitrogens with two attached hydrogens (primary N) is 1. The van der Waals surface area contributed by atoms with Crippen LogP contribution in [-0.4, -0.2) is 29.1 Å². The van der Waals surface area contributed by atoms with Gasteiger partial charge in [0.25, 0.3) is 11.5 Å². The van der Waals surface area contributed by atoms with Crippen molar-refractivity contribution in [1.29, 1.82) is 0 Å². The minimum absolute atomic E-state index is 0.00439. The first-order valence-electron chi connectivity index (χ1n) is 8.77. The minimum Gasteiger partial charge on any atom is -0.435 e. The van der Waals surface area contributed by atoms with Crippen molar-refractivity contribution >= 4 is 17.4 Å². The molecule has 2 aromatic carbocycles. The number of aromatic nitrogens is 2. The van der Waals surface area contributed by atoms with Gasteiger partial charge >= 0.3 is 12.3 Å². The summed E-state index contributed by atoms with van der Waals surface area (Å²) in [5, 5.41) is 0. The third kappa shape index (κ3) is 4.37. The lowest BCUT2D eigenvalue weighted by Gasteiger charge is -2.20. The van der Waals surface area contributed by atoms with Gasteiger partial charge in [-0.2, -0.15) is 8.78 Å². The van der Waals surface area contributed by atoms with E-state index in [-0.39, 0.29) is 29.4 Å². The number of nitrogens with zero attached hydrogens (tertiary/aromatic N) is 2. The number of nitrogen functional groups attached to an aromatic ring is 1. The first-order valence-corrected chi connectivity index (χ1v) is 8.77. The van der Waals surface area contributed by atoms with E-state index >= 15 is 0 Å². The fourth-order valence-corrected chi connectivity index (χ4v) is 2.92. The summed E-state index contributed by atoms with van der Waals surface area (Å²) < 4.78 is 30.3. The number of H-pyrrole nitrogens is 1. The zero-order valence-electron chi connectivity index (χ0n) is 15.8. The van der Waals surface area contributed by atoms with E-state index in [1.807, 2.05) is 6.07 Å². The summed E-state index contributed by atoms with van der Waals surface area (Å²) in [6, 6.07) is 14.1. The summed E-state index contributed by atoms with van der Waals surface area (Å²) in [6.07, 6.45) is 0. The Labute approximate surface area is 169 Å². The van der Waals surface area contributed by atoms with E-state index in [9.17, 15) is 23.2 Å². The highest BCUT2D eigenvalue weighted by Gasteiger charge is 2.22. The predicted octanol–water partition coefficient (Wildman–Crippen LogP) is 2.05. The van der Waals surface area contributed by atoms with Crippen molar-refractivity contribution in [2.75, 3.05) is 17.7 Å². The summed E-state index contributed by atoms with van der Waals surface area (Å²) >= 11 is 0. The second kappa shape index (κ2) is 8.60. The first kappa shape index (κ1) is 20.8. The van der Waals surface area contributed by atoms with Gasteiger partial charge in [0.1, 0.15) is 11.6 Å². The highest BCUT2D eigenvalue weighted by molar-refractivity contribution is 6.07. The minimum atomic E-state index is -3.05. The van der Waals surface area contributed by atoms with E-state index in [0.717, 1.165) is 21.1 Å². The number of benzene rings is 2. The fourth-order valence-electron chi connectivity index (χ4n) is 2.92. The zero-order valence-corrected chi connectivity index (χ0v) is 15.8. The Morgan fingerprint density at radius 2 is 1.87 bits per heavy atom. The molecule has 0 spiro atoms. The number of halogens is 2. The molecule has 0 unspecified atom stereocenters. The lowest BCUT2D eigenvalue weighted by atomic mass is 10.2. The highest BCUT2D eigenvalue weighted by Crippen LogP contribution is 2.21. The average molecular weight is 416 g/mol. The second-order valence-electron chi connectivity index (χ2n) is 6.34. The number of hydrogen-bond donors (Lipinski definition) is 2. The van der Waals surface area contributed by atoms with Crippen LogP contribution in [0.5, 0.6) is 5.75 Å². The van der Waals surface area contributed by atoms with Crippen molar-refractivity contribution in [2.45, 2.75) is 13.2 Å². The molecule has 0 aliphatic heterocycles. The van der Waals surface area contributed by atoms with Crippen molar-refractivity contribution in [3.8, 4) is 5.75 Å². The maximum absolute atomic E-state index is 12.8. The van der Waals surface area contributed by atoms with Gasteiger partial charge in [0.2, 0.25) is 0 Å². The largest absolute Gasteiger partial charge is 0.435 e. The Balaban J connectivity index is 1.98. The van der Waals surface area contributed by atoms with Crippen LogP contribution < -0.4 is 26.6 Å². The summed E-state index contributed by atoms with van der Waals surface area (Å²) in [5.74, 6) is -1.11. The van der Waals surface area contributed by atoms with Gasteiger partial charge in [0, 0.05) is 12.6 Å². The van der Waals surface area contributed by atoms with Gasteiger partial charge in [-0.05, 0) is 23.8 Å². The van der Waals surface area contributed by atoms with Gasteiger partial charge in [-0.1, -0.05) is 36.4 Å². The molecular weight excluding hydrogens is 398 g/mol. The number of carbonyl (C=O) groups is 1. The van der Waals surface area contributed by atoms with Crippen molar-refractivity contribution < 1.29 is 18.3 Å². The van der Waals surface area contributed by atoms with Gasteiger partial charge in [0.15, 0.2) is 5.69 Å². The summed E-state index contributed by atoms with van der Waals surface area (Å²) in [5.41, 5.74) is 5.01. The van der Waals surface area contributed by atoms with Crippen LogP contribution in [0.1, 0.15) is 15.9 Å². The molecule has 3 N–H and O–H groups in total. The Kier molecular flexibility index (Phi) is 5.95. The fraction of sp³-hybridized carbons (Fsp3) is 0.150. The zero-order chi connectivity index (χ0) is 21.8. The Bertz CT molecular complexity index is 1180. The molecule has 30 heavy (non-hydrogen) atoms. The van der Waals surface area contributed by atoms with Gasteiger partial charge in [-0.25, -0.2) is 4.79 Å². The van der Waals surface area contributed by atoms with E-state index < -0.39 is 23.8 Å². The maximum Gasteiger partial charge on any atom is 0.387 e. The van der Waals surface area contributed by atoms with Crippen molar-refractivity contribution in [3.63, 3.8) is 0 Å². The van der Waals surface area contributed by atoms with Crippen molar-refractivity contribution in [1.82, 2.24) is 9.55 Å². The number of rotatable bonds is 6. The molecule has 3 aromatic rings. The van der Waals surface area contributed by atoms with Crippen LogP contribution in [0.2, 0.25) is 0 Å². The maximum atomic E-state index is 12.8. The van der Waals surface area contributed by atoms with Crippen LogP contribution in [0.25, 0.3) is 0 Å². The molecular formula is C20H18F2N4O4. The molecule has 1 amide bonds. The van der Waals surface area contributed by atoms with Crippen molar-refractivity contribution in [2.24, 2.45) is 0 Å². The monoisotopic (exact) mass is 416 g/mol. The molecule has 0 fully saturated rings. The number of nitrogens with one attached hydrogen (secondary N) is 1. The second-order valence-corrected chi connectivity index (χ2v) is 6.34. The summed E-state index contributed by atoms with van der Waals surface area (Å²) in [4.78, 5) is 40.6. The molecule has 0 radical (unpaired) electrons. The Morgan fingerprint density at radius 1 is 1.17 bits per heavy atom. The lowest BCUT2D eigenvalue weighted by molar-refractivity contribution is -0.0498. The number of aromatic amines is 1. The molecule has 156 valence electrons. The Hall–Kier alpha value is -3.95. The van der Waals surface area contributed by atoms with Crippen molar-refractivity contribution in [3.05, 3.63) is 86.6 Å². The highest BCUT2D eigenvalue weighted by atomic mass is 19.3. The normalized spacial score (nSPS) is 10.8. The number of amides is 1. The number of anilines is 2. The van der Waals surface area contributed by atoms with E-state index in [1.54, 1.807) is 24.3 Å². The molecule has 1 heterocycles. The molecule has 0 aliphatic carbocycles. The molecule has 1 aromatic heterocycles. The molecule has 0 saturated heterocycles. The Morgan fingerprint density at radius 3 is 2.53 bits per heavy atom. The number of hydrogen-bond acceptors (Lipinski definition) is 5. The van der Waals surface area contributed by atoms with Crippen LogP contribution in [0.15, 0.2) is 64.2 Å². The smallest absolute Gasteiger partial charge is 0.387 e. The average Bonchev–Trinajstić information content (AvgIpc) is 2.70. The molecule has 0 bridgehead atoms. The molecule has 0 aliphatic rings.